The molecule has 0 atom stereocenters. The quantitative estimate of drug-likeness (QED) is 0.836. The first-order chi connectivity index (χ1) is 9.79. The Morgan fingerprint density at radius 1 is 1.33 bits per heavy atom. The van der Waals surface area contributed by atoms with Gasteiger partial charge in [0.1, 0.15) is 5.82 Å². The molecule has 1 heterocycles. The molecule has 2 rings (SSSR count). The highest BCUT2D eigenvalue weighted by Crippen LogP contribution is 2.20. The van der Waals surface area contributed by atoms with Gasteiger partial charge in [-0.1, -0.05) is 0 Å². The lowest BCUT2D eigenvalue weighted by molar-refractivity contribution is 0.102. The summed E-state index contributed by atoms with van der Waals surface area (Å²) in [5.74, 6) is -1.48. The number of nitrogens with zero attached hydrogens (tertiary/aromatic N) is 1. The molecule has 0 fully saturated rings. The Labute approximate surface area is 120 Å². The number of anilines is 2. The van der Waals surface area contributed by atoms with Gasteiger partial charge in [0.15, 0.2) is 15.5 Å². The number of pyridine rings is 1. The van der Waals surface area contributed by atoms with Crippen molar-refractivity contribution < 1.29 is 17.6 Å². The lowest BCUT2D eigenvalue weighted by Gasteiger charge is -2.08. The van der Waals surface area contributed by atoms with E-state index in [0.29, 0.717) is 0 Å². The summed E-state index contributed by atoms with van der Waals surface area (Å²) in [5, 5.41) is 2.26. The van der Waals surface area contributed by atoms with Gasteiger partial charge in [0.2, 0.25) is 0 Å². The van der Waals surface area contributed by atoms with E-state index in [0.717, 1.165) is 24.5 Å². The van der Waals surface area contributed by atoms with Gasteiger partial charge in [0.25, 0.3) is 5.91 Å². The molecule has 2 aromatic rings. The van der Waals surface area contributed by atoms with Gasteiger partial charge in [-0.25, -0.2) is 17.8 Å². The second-order valence-corrected chi connectivity index (χ2v) is 6.32. The molecule has 0 spiro atoms. The number of halogens is 1. The lowest BCUT2D eigenvalue weighted by Crippen LogP contribution is -2.17. The number of carbonyl (C=O) groups excluding carboxylic acids is 1. The molecule has 0 aliphatic rings. The smallest absolute Gasteiger partial charge is 0.276 e. The Morgan fingerprint density at radius 3 is 2.67 bits per heavy atom. The molecular formula is C13H12FN3O3S. The molecule has 0 saturated heterocycles. The zero-order valence-electron chi connectivity index (χ0n) is 11.0. The molecule has 0 unspecified atom stereocenters. The summed E-state index contributed by atoms with van der Waals surface area (Å²) < 4.78 is 36.6. The van der Waals surface area contributed by atoms with Crippen LogP contribution in [0.3, 0.4) is 0 Å². The van der Waals surface area contributed by atoms with Crippen LogP contribution < -0.4 is 11.1 Å². The number of carbonyl (C=O) groups is 1. The molecule has 1 aromatic carbocycles. The van der Waals surface area contributed by atoms with Crippen LogP contribution in [-0.4, -0.2) is 25.6 Å². The number of hydrogen-bond acceptors (Lipinski definition) is 5. The Kier molecular flexibility index (Phi) is 3.90. The third kappa shape index (κ3) is 3.34. The van der Waals surface area contributed by atoms with E-state index in [9.17, 15) is 17.6 Å². The number of nitrogens with one attached hydrogen (secondary N) is 1. The van der Waals surface area contributed by atoms with Gasteiger partial charge >= 0.3 is 0 Å². The zero-order chi connectivity index (χ0) is 15.6. The molecule has 3 N–H and O–H groups in total. The number of rotatable bonds is 3. The zero-order valence-corrected chi connectivity index (χ0v) is 11.8. The average molecular weight is 309 g/mol. The maximum atomic E-state index is 13.7. The monoisotopic (exact) mass is 309 g/mol. The number of benzene rings is 1. The van der Waals surface area contributed by atoms with Crippen LogP contribution in [0.15, 0.2) is 41.4 Å². The molecule has 8 heteroatoms. The molecule has 110 valence electrons. The predicted octanol–water partition coefficient (Wildman–Crippen LogP) is 1.46. The largest absolute Gasteiger partial charge is 0.397 e. The standard InChI is InChI=1S/C13H12FN3O3S/c1-21(19,20)8-4-5-9(14)11(7-8)17-13(18)12-10(15)3-2-6-16-12/h2-7H,15H2,1H3,(H,17,18). The van der Waals surface area contributed by atoms with E-state index in [1.165, 1.54) is 12.3 Å². The summed E-state index contributed by atoms with van der Waals surface area (Å²) in [6, 6.07) is 6.16. The number of sulfone groups is 1. The number of aromatic nitrogens is 1. The maximum Gasteiger partial charge on any atom is 0.276 e. The lowest BCUT2D eigenvalue weighted by atomic mass is 10.2. The van der Waals surface area contributed by atoms with Crippen molar-refractivity contribution in [1.29, 1.82) is 0 Å². The highest BCUT2D eigenvalue weighted by molar-refractivity contribution is 7.90. The highest BCUT2D eigenvalue weighted by Gasteiger charge is 2.16. The first-order valence-corrected chi connectivity index (χ1v) is 7.69. The van der Waals surface area contributed by atoms with Crippen molar-refractivity contribution in [1.82, 2.24) is 4.98 Å². The Bertz CT molecular complexity index is 806. The van der Waals surface area contributed by atoms with E-state index >= 15 is 0 Å². The van der Waals surface area contributed by atoms with Crippen LogP contribution in [0, 0.1) is 5.82 Å². The summed E-state index contributed by atoms with van der Waals surface area (Å²) >= 11 is 0. The predicted molar refractivity (Wildman–Crippen MR) is 76.1 cm³/mol. The highest BCUT2D eigenvalue weighted by atomic mass is 32.2. The second-order valence-electron chi connectivity index (χ2n) is 4.31. The summed E-state index contributed by atoms with van der Waals surface area (Å²) in [5.41, 5.74) is 5.41. The molecule has 1 amide bonds. The van der Waals surface area contributed by atoms with Gasteiger partial charge in [-0.15, -0.1) is 0 Å². The number of amides is 1. The van der Waals surface area contributed by atoms with Gasteiger partial charge in [0.05, 0.1) is 16.3 Å². The van der Waals surface area contributed by atoms with Crippen LogP contribution in [0.2, 0.25) is 0 Å². The van der Waals surface area contributed by atoms with E-state index in [-0.39, 0.29) is 22.0 Å². The van der Waals surface area contributed by atoms with Crippen LogP contribution in [0.4, 0.5) is 15.8 Å². The molecule has 0 radical (unpaired) electrons. The minimum absolute atomic E-state index is 0.0679. The van der Waals surface area contributed by atoms with E-state index < -0.39 is 21.6 Å². The molecule has 0 saturated carbocycles. The van der Waals surface area contributed by atoms with Crippen molar-refractivity contribution in [3.63, 3.8) is 0 Å². The first kappa shape index (κ1) is 14.9. The van der Waals surface area contributed by atoms with Crippen molar-refractivity contribution >= 4 is 27.1 Å². The Hall–Kier alpha value is -2.48. The third-order valence-electron chi connectivity index (χ3n) is 2.67. The first-order valence-electron chi connectivity index (χ1n) is 5.80. The molecule has 0 bridgehead atoms. The van der Waals surface area contributed by atoms with Crippen molar-refractivity contribution in [2.45, 2.75) is 4.90 Å². The van der Waals surface area contributed by atoms with Crippen LogP contribution in [-0.2, 0) is 9.84 Å². The van der Waals surface area contributed by atoms with E-state index in [4.69, 9.17) is 5.73 Å². The minimum Gasteiger partial charge on any atom is -0.397 e. The summed E-state index contributed by atoms with van der Waals surface area (Å²) in [6.45, 7) is 0. The Balaban J connectivity index is 2.36. The van der Waals surface area contributed by atoms with Gasteiger partial charge in [-0.05, 0) is 30.3 Å². The summed E-state index contributed by atoms with van der Waals surface area (Å²) in [6.07, 6.45) is 2.36. The fourth-order valence-corrected chi connectivity index (χ4v) is 2.27. The molecule has 21 heavy (non-hydrogen) atoms. The SMILES string of the molecule is CS(=O)(=O)c1ccc(F)c(NC(=O)c2ncccc2N)c1. The van der Waals surface area contributed by atoms with E-state index in [1.54, 1.807) is 6.07 Å². The number of nitrogen functional groups attached to an aromatic ring is 1. The van der Waals surface area contributed by atoms with Gasteiger partial charge in [-0.2, -0.15) is 0 Å². The fourth-order valence-electron chi connectivity index (χ4n) is 1.62. The van der Waals surface area contributed by atoms with E-state index in [1.807, 2.05) is 0 Å². The molecule has 1 aromatic heterocycles. The Morgan fingerprint density at radius 2 is 2.05 bits per heavy atom. The van der Waals surface area contributed by atoms with Gasteiger partial charge in [0, 0.05) is 12.5 Å². The van der Waals surface area contributed by atoms with Crippen LogP contribution >= 0.6 is 0 Å². The van der Waals surface area contributed by atoms with E-state index in [2.05, 4.69) is 10.3 Å². The van der Waals surface area contributed by atoms with Gasteiger partial charge in [-0.3, -0.25) is 4.79 Å². The maximum absolute atomic E-state index is 13.7. The van der Waals surface area contributed by atoms with Crippen LogP contribution in [0.25, 0.3) is 0 Å². The fraction of sp³-hybridized carbons (Fsp3) is 0.0769. The minimum atomic E-state index is -3.51. The summed E-state index contributed by atoms with van der Waals surface area (Å²) in [4.78, 5) is 15.7. The summed E-state index contributed by atoms with van der Waals surface area (Å²) in [7, 11) is -3.51. The number of nitrogens with two attached hydrogens (primary N) is 1. The molecule has 0 aliphatic carbocycles. The number of hydrogen-bond donors (Lipinski definition) is 2. The normalized spacial score (nSPS) is 11.1. The van der Waals surface area contributed by atoms with Crippen molar-refractivity contribution in [3.8, 4) is 0 Å². The van der Waals surface area contributed by atoms with Crippen LogP contribution in [0.5, 0.6) is 0 Å². The third-order valence-corrected chi connectivity index (χ3v) is 3.78. The van der Waals surface area contributed by atoms with Crippen molar-refractivity contribution in [2.24, 2.45) is 0 Å². The molecule has 6 nitrogen and oxygen atoms in total. The second kappa shape index (κ2) is 5.49. The van der Waals surface area contributed by atoms with Crippen molar-refractivity contribution in [2.75, 3.05) is 17.3 Å². The van der Waals surface area contributed by atoms with Crippen molar-refractivity contribution in [3.05, 3.63) is 48.0 Å². The van der Waals surface area contributed by atoms with Crippen LogP contribution in [0.1, 0.15) is 10.5 Å². The molecule has 0 aliphatic heterocycles. The van der Waals surface area contributed by atoms with Gasteiger partial charge < -0.3 is 11.1 Å². The topological polar surface area (TPSA) is 102 Å². The average Bonchev–Trinajstić information content (AvgIpc) is 2.40. The molecular weight excluding hydrogens is 297 g/mol.